The van der Waals surface area contributed by atoms with Gasteiger partial charge in [-0.2, -0.15) is 0 Å². The Morgan fingerprint density at radius 3 is 2.12 bits per heavy atom. The van der Waals surface area contributed by atoms with Crippen LogP contribution in [0.25, 0.3) is 17.1 Å². The molecule has 0 amide bonds. The lowest BCUT2D eigenvalue weighted by molar-refractivity contribution is 0.194. The summed E-state index contributed by atoms with van der Waals surface area (Å²) in [5.41, 5.74) is 3.05. The van der Waals surface area contributed by atoms with E-state index in [4.69, 9.17) is 17.3 Å². The van der Waals surface area contributed by atoms with Crippen LogP contribution in [0.1, 0.15) is 0 Å². The second-order valence-electron chi connectivity index (χ2n) is 8.01. The first-order valence-corrected chi connectivity index (χ1v) is 12.0. The molecule has 0 unspecified atom stereocenters. The fourth-order valence-corrected chi connectivity index (χ4v) is 4.64. The zero-order valence-electron chi connectivity index (χ0n) is 17.9. The molecule has 1 saturated heterocycles. The maximum Gasteiger partial charge on any atom is 0.204 e. The summed E-state index contributed by atoms with van der Waals surface area (Å²) in [5.74, 6) is 0.621. The van der Waals surface area contributed by atoms with Crippen molar-refractivity contribution in [1.29, 1.82) is 0 Å². The van der Waals surface area contributed by atoms with Gasteiger partial charge in [-0.05, 0) is 60.7 Å². The molecular weight excluding hydrogens is 501 g/mol. The molecule has 0 radical (unpaired) electrons. The van der Waals surface area contributed by atoms with E-state index < -0.39 is 0 Å². The summed E-state index contributed by atoms with van der Waals surface area (Å²) in [6.07, 6.45) is 0. The van der Waals surface area contributed by atoms with Gasteiger partial charge in [0.15, 0.2) is 5.82 Å². The number of rotatable bonds is 5. The molecule has 1 fully saturated rings. The molecule has 4 aromatic rings. The Morgan fingerprint density at radius 2 is 1.45 bits per heavy atom. The van der Waals surface area contributed by atoms with Crippen LogP contribution in [0.3, 0.4) is 0 Å². The smallest absolute Gasteiger partial charge is 0.204 e. The van der Waals surface area contributed by atoms with E-state index in [1.807, 2.05) is 63.8 Å². The molecule has 0 spiro atoms. The summed E-state index contributed by atoms with van der Waals surface area (Å²) in [6, 6.07) is 24.9. The number of aromatic nitrogens is 3. The Kier molecular flexibility index (Phi) is 6.39. The van der Waals surface area contributed by atoms with Crippen molar-refractivity contribution in [2.75, 3.05) is 31.1 Å². The van der Waals surface area contributed by atoms with E-state index in [2.05, 4.69) is 37.9 Å². The average Bonchev–Trinajstić information content (AvgIpc) is 3.17. The summed E-state index contributed by atoms with van der Waals surface area (Å²) in [5, 5.41) is 4.93. The van der Waals surface area contributed by atoms with Gasteiger partial charge in [0.05, 0.1) is 12.4 Å². The highest BCUT2D eigenvalue weighted by Gasteiger charge is 2.20. The van der Waals surface area contributed by atoms with Crippen molar-refractivity contribution < 1.29 is 4.39 Å². The van der Waals surface area contributed by atoms with Gasteiger partial charge in [-0.15, -0.1) is 5.10 Å². The lowest BCUT2D eigenvalue weighted by Gasteiger charge is -2.35. The molecule has 1 aromatic heterocycles. The van der Waals surface area contributed by atoms with Gasteiger partial charge in [0.1, 0.15) is 5.82 Å². The molecule has 0 aliphatic carbocycles. The predicted octanol–water partition coefficient (Wildman–Crippen LogP) is 5.75. The average molecular weight is 524 g/mol. The minimum absolute atomic E-state index is 0.206. The van der Waals surface area contributed by atoms with Gasteiger partial charge in [0.2, 0.25) is 4.77 Å². The summed E-state index contributed by atoms with van der Waals surface area (Å²) >= 11 is 9.40. The molecule has 1 aliphatic rings. The van der Waals surface area contributed by atoms with Gasteiger partial charge in [0.25, 0.3) is 0 Å². The van der Waals surface area contributed by atoms with Gasteiger partial charge in [-0.1, -0.05) is 46.3 Å². The molecule has 3 aromatic carbocycles. The van der Waals surface area contributed by atoms with E-state index in [1.165, 1.54) is 12.1 Å². The molecule has 0 saturated carbocycles. The molecule has 168 valence electrons. The Labute approximate surface area is 205 Å². The highest BCUT2D eigenvalue weighted by molar-refractivity contribution is 9.10. The zero-order valence-corrected chi connectivity index (χ0v) is 20.3. The lowest BCUT2D eigenvalue weighted by atomic mass is 10.2. The Bertz CT molecular complexity index is 1280. The molecule has 0 N–H and O–H groups in total. The minimum Gasteiger partial charge on any atom is -0.369 e. The van der Waals surface area contributed by atoms with Crippen LogP contribution in [0.15, 0.2) is 83.3 Å². The Balaban J connectivity index is 1.39. The van der Waals surface area contributed by atoms with E-state index in [0.29, 0.717) is 11.4 Å². The van der Waals surface area contributed by atoms with Gasteiger partial charge in [0, 0.05) is 41.9 Å². The SMILES string of the molecule is Fc1ccc(N2CCN(Cn3nc(-c4ccccc4)n(-c4ccc(Br)cc4)c3=S)CC2)cc1. The van der Waals surface area contributed by atoms with Crippen LogP contribution in [0, 0.1) is 10.6 Å². The van der Waals surface area contributed by atoms with E-state index >= 15 is 0 Å². The van der Waals surface area contributed by atoms with Crippen LogP contribution >= 0.6 is 28.1 Å². The third-order valence-electron chi connectivity index (χ3n) is 5.85. The van der Waals surface area contributed by atoms with Crippen molar-refractivity contribution in [2.24, 2.45) is 0 Å². The second-order valence-corrected chi connectivity index (χ2v) is 9.29. The third kappa shape index (κ3) is 4.78. The fourth-order valence-electron chi connectivity index (χ4n) is 4.09. The largest absolute Gasteiger partial charge is 0.369 e. The normalized spacial score (nSPS) is 14.5. The fraction of sp³-hybridized carbons (Fsp3) is 0.200. The van der Waals surface area contributed by atoms with Crippen molar-refractivity contribution in [2.45, 2.75) is 6.67 Å². The van der Waals surface area contributed by atoms with E-state index in [9.17, 15) is 4.39 Å². The molecular formula is C25H23BrFN5S. The lowest BCUT2D eigenvalue weighted by Crippen LogP contribution is -2.47. The van der Waals surface area contributed by atoms with Crippen molar-refractivity contribution in [1.82, 2.24) is 19.2 Å². The number of nitrogens with zero attached hydrogens (tertiary/aromatic N) is 5. The number of hydrogen-bond donors (Lipinski definition) is 0. The maximum atomic E-state index is 13.2. The zero-order chi connectivity index (χ0) is 22.8. The Morgan fingerprint density at radius 1 is 0.818 bits per heavy atom. The number of anilines is 1. The molecule has 2 heterocycles. The van der Waals surface area contributed by atoms with Crippen LogP contribution in [0.4, 0.5) is 10.1 Å². The van der Waals surface area contributed by atoms with Crippen LogP contribution in [0.2, 0.25) is 0 Å². The topological polar surface area (TPSA) is 29.2 Å². The quantitative estimate of drug-likeness (QED) is 0.311. The first kappa shape index (κ1) is 22.0. The third-order valence-corrected chi connectivity index (χ3v) is 6.78. The van der Waals surface area contributed by atoms with Crippen LogP contribution < -0.4 is 4.90 Å². The van der Waals surface area contributed by atoms with E-state index in [-0.39, 0.29) is 5.82 Å². The first-order chi connectivity index (χ1) is 16.1. The number of halogens is 2. The van der Waals surface area contributed by atoms with Crippen LogP contribution in [-0.4, -0.2) is 45.4 Å². The maximum absolute atomic E-state index is 13.2. The van der Waals surface area contributed by atoms with Crippen LogP contribution in [0.5, 0.6) is 0 Å². The monoisotopic (exact) mass is 523 g/mol. The highest BCUT2D eigenvalue weighted by atomic mass is 79.9. The van der Waals surface area contributed by atoms with Gasteiger partial charge in [-0.25, -0.2) is 9.07 Å². The Hall–Kier alpha value is -2.81. The van der Waals surface area contributed by atoms with Crippen LogP contribution in [-0.2, 0) is 6.67 Å². The summed E-state index contributed by atoms with van der Waals surface area (Å²) < 4.78 is 18.9. The standard InChI is InChI=1S/C25H23BrFN5S/c26-20-6-10-23(11-7-20)32-24(19-4-2-1-3-5-19)28-31(25(32)33)18-29-14-16-30(17-15-29)22-12-8-21(27)9-13-22/h1-13H,14-18H2. The van der Waals surface area contributed by atoms with Gasteiger partial charge in [-0.3, -0.25) is 9.47 Å². The molecule has 0 bridgehead atoms. The molecule has 5 nitrogen and oxygen atoms in total. The molecule has 33 heavy (non-hydrogen) atoms. The van der Waals surface area contributed by atoms with E-state index in [0.717, 1.165) is 53.4 Å². The van der Waals surface area contributed by atoms with Crippen molar-refractivity contribution in [3.63, 3.8) is 0 Å². The van der Waals surface area contributed by atoms with Crippen molar-refractivity contribution in [3.05, 3.63) is 93.9 Å². The predicted molar refractivity (Wildman–Crippen MR) is 136 cm³/mol. The number of benzene rings is 3. The summed E-state index contributed by atoms with van der Waals surface area (Å²) in [7, 11) is 0. The molecule has 0 atom stereocenters. The number of hydrogen-bond acceptors (Lipinski definition) is 4. The van der Waals surface area contributed by atoms with Gasteiger partial charge >= 0.3 is 0 Å². The highest BCUT2D eigenvalue weighted by Crippen LogP contribution is 2.24. The number of piperazine rings is 1. The first-order valence-electron chi connectivity index (χ1n) is 10.8. The second kappa shape index (κ2) is 9.59. The molecule has 1 aliphatic heterocycles. The minimum atomic E-state index is -0.206. The van der Waals surface area contributed by atoms with Crippen molar-refractivity contribution in [3.8, 4) is 17.1 Å². The summed E-state index contributed by atoms with van der Waals surface area (Å²) in [6.45, 7) is 4.13. The molecule has 8 heteroatoms. The van der Waals surface area contributed by atoms with Gasteiger partial charge < -0.3 is 4.90 Å². The summed E-state index contributed by atoms with van der Waals surface area (Å²) in [4.78, 5) is 4.63. The van der Waals surface area contributed by atoms with Crippen molar-refractivity contribution >= 4 is 33.8 Å². The van der Waals surface area contributed by atoms with E-state index in [1.54, 1.807) is 0 Å². The molecule has 5 rings (SSSR count).